The molecule has 2 unspecified atom stereocenters. The number of hydrogen-bond donors (Lipinski definition) is 1. The van der Waals surface area contributed by atoms with Gasteiger partial charge in [-0.15, -0.1) is 0 Å². The van der Waals surface area contributed by atoms with Crippen LogP contribution >= 0.6 is 0 Å². The Labute approximate surface area is 114 Å². The molecule has 1 aliphatic rings. The summed E-state index contributed by atoms with van der Waals surface area (Å²) in [7, 11) is 0. The molecule has 1 N–H and O–H groups in total. The van der Waals surface area contributed by atoms with Crippen LogP contribution in [0.5, 0.6) is 0 Å². The summed E-state index contributed by atoms with van der Waals surface area (Å²) >= 11 is 0. The lowest BCUT2D eigenvalue weighted by Crippen LogP contribution is -2.20. The molecule has 0 bridgehead atoms. The fourth-order valence-corrected chi connectivity index (χ4v) is 2.79. The van der Waals surface area contributed by atoms with Crippen molar-refractivity contribution in [1.29, 1.82) is 0 Å². The van der Waals surface area contributed by atoms with E-state index >= 15 is 0 Å². The topological polar surface area (TPSA) is 55.1 Å². The van der Waals surface area contributed by atoms with Crippen molar-refractivity contribution in [3.63, 3.8) is 0 Å². The summed E-state index contributed by atoms with van der Waals surface area (Å²) in [4.78, 5) is 11.0. The van der Waals surface area contributed by atoms with E-state index in [0.717, 1.165) is 12.1 Å². The maximum atomic E-state index is 11.0. The second kappa shape index (κ2) is 6.22. The lowest BCUT2D eigenvalue weighted by Gasteiger charge is -2.22. The number of carboxylic acids is 1. The molecule has 1 fully saturated rings. The minimum Gasteiger partial charge on any atom is -0.481 e. The average Bonchev–Trinajstić information content (AvgIpc) is 2.87. The van der Waals surface area contributed by atoms with Crippen molar-refractivity contribution < 1.29 is 9.90 Å². The molecule has 4 heteroatoms. The van der Waals surface area contributed by atoms with Crippen LogP contribution in [0.2, 0.25) is 0 Å². The summed E-state index contributed by atoms with van der Waals surface area (Å²) < 4.78 is 2.09. The van der Waals surface area contributed by atoms with E-state index in [1.807, 2.05) is 13.0 Å². The molecule has 1 aromatic rings. The highest BCUT2D eigenvalue weighted by Gasteiger charge is 2.21. The largest absolute Gasteiger partial charge is 0.481 e. The predicted molar refractivity (Wildman–Crippen MR) is 74.0 cm³/mol. The van der Waals surface area contributed by atoms with Crippen LogP contribution in [0.3, 0.4) is 0 Å². The van der Waals surface area contributed by atoms with Gasteiger partial charge in [-0.1, -0.05) is 33.1 Å². The van der Waals surface area contributed by atoms with Crippen molar-refractivity contribution >= 4 is 5.97 Å². The third-order valence-corrected chi connectivity index (χ3v) is 4.39. The van der Waals surface area contributed by atoms with E-state index in [4.69, 9.17) is 5.11 Å². The summed E-state index contributed by atoms with van der Waals surface area (Å²) in [6.45, 7) is 3.75. The smallest absolute Gasteiger partial charge is 0.306 e. The molecule has 4 nitrogen and oxygen atoms in total. The first kappa shape index (κ1) is 14.1. The van der Waals surface area contributed by atoms with Gasteiger partial charge in [0.25, 0.3) is 0 Å². The molecule has 0 radical (unpaired) electrons. The van der Waals surface area contributed by atoms with Crippen LogP contribution < -0.4 is 0 Å². The van der Waals surface area contributed by atoms with Gasteiger partial charge in [0.05, 0.1) is 17.7 Å². The quantitative estimate of drug-likeness (QED) is 0.887. The highest BCUT2D eigenvalue weighted by Crippen LogP contribution is 2.27. The van der Waals surface area contributed by atoms with Gasteiger partial charge in [0.2, 0.25) is 0 Å². The molecule has 1 aromatic heterocycles. The van der Waals surface area contributed by atoms with Gasteiger partial charge in [-0.05, 0) is 31.2 Å². The summed E-state index contributed by atoms with van der Waals surface area (Å²) in [5.41, 5.74) is 1.02. The van der Waals surface area contributed by atoms with E-state index < -0.39 is 5.97 Å². The molecule has 0 saturated heterocycles. The molecule has 1 saturated carbocycles. The van der Waals surface area contributed by atoms with E-state index in [1.54, 1.807) is 6.92 Å². The molecule has 2 rings (SSSR count). The molecule has 0 amide bonds. The number of carboxylic acid groups (broad SMARTS) is 1. The van der Waals surface area contributed by atoms with Crippen LogP contribution in [0.1, 0.15) is 57.7 Å². The minimum absolute atomic E-state index is 0.118. The summed E-state index contributed by atoms with van der Waals surface area (Å²) in [5, 5.41) is 13.7. The molecule has 19 heavy (non-hydrogen) atoms. The second-order valence-electron chi connectivity index (χ2n) is 5.89. The maximum Gasteiger partial charge on any atom is 0.306 e. The fraction of sp³-hybridized carbons (Fsp3) is 0.733. The Morgan fingerprint density at radius 3 is 2.74 bits per heavy atom. The lowest BCUT2D eigenvalue weighted by atomic mass is 9.92. The van der Waals surface area contributed by atoms with E-state index in [9.17, 15) is 4.79 Å². The van der Waals surface area contributed by atoms with Crippen LogP contribution in [-0.4, -0.2) is 20.9 Å². The number of aromatic nitrogens is 2. The Balaban J connectivity index is 1.95. The molecular weight excluding hydrogens is 240 g/mol. The van der Waals surface area contributed by atoms with Crippen molar-refractivity contribution in [1.82, 2.24) is 9.78 Å². The van der Waals surface area contributed by atoms with Crippen LogP contribution in [-0.2, 0) is 11.2 Å². The van der Waals surface area contributed by atoms with Crippen molar-refractivity contribution in [3.8, 4) is 0 Å². The van der Waals surface area contributed by atoms with E-state index in [1.165, 1.54) is 32.1 Å². The molecular formula is C15H24N2O2. The molecule has 1 heterocycles. The fourth-order valence-electron chi connectivity index (χ4n) is 2.79. The Hall–Kier alpha value is -1.32. The molecule has 0 aromatic carbocycles. The Morgan fingerprint density at radius 2 is 2.11 bits per heavy atom. The Kier molecular flexibility index (Phi) is 4.61. The summed E-state index contributed by atoms with van der Waals surface area (Å²) in [6.07, 6.45) is 9.19. The maximum absolute atomic E-state index is 11.0. The van der Waals surface area contributed by atoms with Crippen LogP contribution in [0.15, 0.2) is 12.3 Å². The normalized spacial score (nSPS) is 20.1. The van der Waals surface area contributed by atoms with Gasteiger partial charge in [0, 0.05) is 6.20 Å². The van der Waals surface area contributed by atoms with Crippen LogP contribution in [0.25, 0.3) is 0 Å². The molecule has 106 valence electrons. The SMILES string of the molecule is CC(Cc1ccn(C2CCCCC2)n1)C(C)C(=O)O. The Bertz CT molecular complexity index is 422. The van der Waals surface area contributed by atoms with Crippen LogP contribution in [0, 0.1) is 11.8 Å². The third kappa shape index (κ3) is 3.58. The first-order chi connectivity index (χ1) is 9.08. The highest BCUT2D eigenvalue weighted by molar-refractivity contribution is 5.69. The number of carbonyl (C=O) groups is 1. The van der Waals surface area contributed by atoms with Crippen molar-refractivity contribution in [3.05, 3.63) is 18.0 Å². The van der Waals surface area contributed by atoms with Gasteiger partial charge in [-0.2, -0.15) is 5.10 Å². The number of hydrogen-bond acceptors (Lipinski definition) is 2. The van der Waals surface area contributed by atoms with Gasteiger partial charge < -0.3 is 5.11 Å². The minimum atomic E-state index is -0.723. The standard InChI is InChI=1S/C15H24N2O2/c1-11(12(2)15(18)19)10-13-8-9-17(16-13)14-6-4-3-5-7-14/h8-9,11-12,14H,3-7,10H2,1-2H3,(H,18,19). The third-order valence-electron chi connectivity index (χ3n) is 4.39. The first-order valence-electron chi connectivity index (χ1n) is 7.34. The predicted octanol–water partition coefficient (Wildman–Crippen LogP) is 3.29. The second-order valence-corrected chi connectivity index (χ2v) is 5.89. The van der Waals surface area contributed by atoms with E-state index in [2.05, 4.69) is 16.0 Å². The molecule has 0 spiro atoms. The summed E-state index contributed by atoms with van der Waals surface area (Å²) in [5.74, 6) is -0.925. The number of nitrogens with zero attached hydrogens (tertiary/aromatic N) is 2. The van der Waals surface area contributed by atoms with Crippen molar-refractivity contribution in [2.75, 3.05) is 0 Å². The van der Waals surface area contributed by atoms with Crippen molar-refractivity contribution in [2.45, 2.75) is 58.4 Å². The van der Waals surface area contributed by atoms with E-state index in [-0.39, 0.29) is 11.8 Å². The zero-order valence-corrected chi connectivity index (χ0v) is 11.9. The average molecular weight is 264 g/mol. The number of aliphatic carboxylic acids is 1. The van der Waals surface area contributed by atoms with Crippen molar-refractivity contribution in [2.24, 2.45) is 11.8 Å². The van der Waals surface area contributed by atoms with Gasteiger partial charge >= 0.3 is 5.97 Å². The molecule has 1 aliphatic carbocycles. The van der Waals surface area contributed by atoms with Gasteiger partial charge in [0.15, 0.2) is 0 Å². The van der Waals surface area contributed by atoms with E-state index in [0.29, 0.717) is 6.04 Å². The van der Waals surface area contributed by atoms with Gasteiger partial charge in [0.1, 0.15) is 0 Å². The monoisotopic (exact) mass is 264 g/mol. The number of rotatable bonds is 5. The molecule has 2 atom stereocenters. The zero-order chi connectivity index (χ0) is 13.8. The van der Waals surface area contributed by atoms with Crippen LogP contribution in [0.4, 0.5) is 0 Å². The van der Waals surface area contributed by atoms with Gasteiger partial charge in [-0.3, -0.25) is 9.48 Å². The van der Waals surface area contributed by atoms with Gasteiger partial charge in [-0.25, -0.2) is 0 Å². The highest BCUT2D eigenvalue weighted by atomic mass is 16.4. The molecule has 0 aliphatic heterocycles. The summed E-state index contributed by atoms with van der Waals surface area (Å²) in [6, 6.07) is 2.59. The zero-order valence-electron chi connectivity index (χ0n) is 11.9. The lowest BCUT2D eigenvalue weighted by molar-refractivity contribution is -0.142. The first-order valence-corrected chi connectivity index (χ1v) is 7.34. The Morgan fingerprint density at radius 1 is 1.42 bits per heavy atom.